The molecule has 0 aromatic heterocycles. The van der Waals surface area contributed by atoms with E-state index in [1.54, 1.807) is 0 Å². The van der Waals surface area contributed by atoms with Crippen LogP contribution in [0.4, 0.5) is 0 Å². The van der Waals surface area contributed by atoms with Gasteiger partial charge in [0, 0.05) is 23.9 Å². The Kier molecular flexibility index (Phi) is 69.9. The zero-order valence-electron chi connectivity index (χ0n) is 38.1. The SMILES string of the molecule is CCCCCCCCCCCC(=O)[O-].CCCCCCCCCCCC(=O)[O-].CCCCCCCCCCCC(=O)[O-].CCCCCCCCCCCC(=O)[O-].[Zr+4]. The number of rotatable bonds is 40. The fourth-order valence-corrected chi connectivity index (χ4v) is 6.32. The molecule has 0 aliphatic carbocycles. The first kappa shape index (κ1) is 64.9. The van der Waals surface area contributed by atoms with Crippen LogP contribution in [0.15, 0.2) is 0 Å². The Hall–Kier alpha value is -1.24. The first-order chi connectivity index (χ1) is 27.1. The maximum atomic E-state index is 10.1. The van der Waals surface area contributed by atoms with Crippen LogP contribution < -0.4 is 20.4 Å². The predicted octanol–water partition coefficient (Wildman–Crippen LogP) is 10.6. The summed E-state index contributed by atoms with van der Waals surface area (Å²) in [6, 6.07) is 0. The van der Waals surface area contributed by atoms with Crippen molar-refractivity contribution < 1.29 is 65.8 Å². The van der Waals surface area contributed by atoms with Gasteiger partial charge in [-0.2, -0.15) is 0 Å². The van der Waals surface area contributed by atoms with Gasteiger partial charge < -0.3 is 39.6 Å². The minimum Gasteiger partial charge on any atom is -0.550 e. The quantitative estimate of drug-likeness (QED) is 0.0550. The molecule has 0 aromatic rings. The molecule has 0 amide bonds. The molecule has 0 saturated carbocycles. The molecule has 0 unspecified atom stereocenters. The molecule has 0 heterocycles. The third-order valence-corrected chi connectivity index (χ3v) is 9.94. The third kappa shape index (κ3) is 83.4. The molecule has 0 atom stereocenters. The number of carbonyl (C=O) groups is 4. The maximum absolute atomic E-state index is 10.1. The number of hydrogen-bond acceptors (Lipinski definition) is 8. The zero-order valence-corrected chi connectivity index (χ0v) is 40.5. The number of carboxylic acid groups (broad SMARTS) is 4. The van der Waals surface area contributed by atoms with Crippen LogP contribution in [0, 0.1) is 0 Å². The van der Waals surface area contributed by atoms with Crippen molar-refractivity contribution in [2.45, 2.75) is 285 Å². The smallest absolute Gasteiger partial charge is 0.550 e. The zero-order chi connectivity index (χ0) is 42.6. The molecule has 0 aliphatic rings. The first-order valence-electron chi connectivity index (χ1n) is 23.9. The molecule has 0 rings (SSSR count). The molecule has 0 radical (unpaired) electrons. The fourth-order valence-electron chi connectivity index (χ4n) is 6.32. The number of carbonyl (C=O) groups excluding carboxylic acids is 4. The van der Waals surface area contributed by atoms with Crippen LogP contribution >= 0.6 is 0 Å². The van der Waals surface area contributed by atoms with E-state index < -0.39 is 23.9 Å². The van der Waals surface area contributed by atoms with E-state index in [-0.39, 0.29) is 51.9 Å². The number of carboxylic acids is 4. The van der Waals surface area contributed by atoms with Crippen molar-refractivity contribution in [2.24, 2.45) is 0 Å². The van der Waals surface area contributed by atoms with Gasteiger partial charge in [0.15, 0.2) is 0 Å². The van der Waals surface area contributed by atoms with Gasteiger partial charge >= 0.3 is 26.2 Å². The molecule has 0 N–H and O–H groups in total. The van der Waals surface area contributed by atoms with Crippen molar-refractivity contribution in [1.29, 1.82) is 0 Å². The number of aliphatic carboxylic acids is 4. The average molecular weight is 888 g/mol. The van der Waals surface area contributed by atoms with Gasteiger partial charge in [-0.1, -0.05) is 233 Å². The average Bonchev–Trinajstić information content (AvgIpc) is 3.15. The second-order valence-corrected chi connectivity index (χ2v) is 15.8. The molecular formula is C48H92O8Zr. The molecular weight excluding hydrogens is 796 g/mol. The van der Waals surface area contributed by atoms with Gasteiger partial charge in [0.05, 0.1) is 0 Å². The van der Waals surface area contributed by atoms with Crippen LogP contribution in [-0.2, 0) is 45.4 Å². The van der Waals surface area contributed by atoms with Gasteiger partial charge in [0.1, 0.15) is 0 Å². The van der Waals surface area contributed by atoms with Gasteiger partial charge in [-0.05, 0) is 51.4 Å². The topological polar surface area (TPSA) is 161 Å². The van der Waals surface area contributed by atoms with Crippen LogP contribution in [0.1, 0.15) is 285 Å². The second kappa shape index (κ2) is 61.4. The Labute approximate surface area is 372 Å². The van der Waals surface area contributed by atoms with E-state index in [1.165, 1.54) is 180 Å². The monoisotopic (exact) mass is 887 g/mol. The van der Waals surface area contributed by atoms with Gasteiger partial charge in [-0.15, -0.1) is 0 Å². The summed E-state index contributed by atoms with van der Waals surface area (Å²) in [7, 11) is 0. The normalized spacial score (nSPS) is 10.2. The number of unbranched alkanes of at least 4 members (excludes halogenated alkanes) is 32. The van der Waals surface area contributed by atoms with Crippen molar-refractivity contribution in [3.8, 4) is 0 Å². The van der Waals surface area contributed by atoms with Gasteiger partial charge in [0.25, 0.3) is 0 Å². The minimum absolute atomic E-state index is 0. The van der Waals surface area contributed by atoms with Crippen molar-refractivity contribution >= 4 is 23.9 Å². The van der Waals surface area contributed by atoms with Gasteiger partial charge in [-0.3, -0.25) is 0 Å². The molecule has 0 spiro atoms. The fraction of sp³-hybridized carbons (Fsp3) is 0.917. The Bertz CT molecular complexity index is 664. The van der Waals surface area contributed by atoms with Crippen molar-refractivity contribution in [3.05, 3.63) is 0 Å². The Balaban J connectivity index is -0.000000210. The maximum Gasteiger partial charge on any atom is 4.00 e. The Morgan fingerprint density at radius 3 is 0.439 bits per heavy atom. The standard InChI is InChI=1S/4C12H24O2.Zr/c4*1-2-3-4-5-6-7-8-9-10-11-12(13)14;/h4*2-11H2,1H3,(H,13,14);/q;;;;+4/p-4. The summed E-state index contributed by atoms with van der Waals surface area (Å²) in [6.45, 7) is 8.89. The summed E-state index contributed by atoms with van der Waals surface area (Å²) in [5, 5.41) is 40.4. The van der Waals surface area contributed by atoms with E-state index in [0.29, 0.717) is 0 Å². The van der Waals surface area contributed by atoms with Gasteiger partial charge in [-0.25, -0.2) is 0 Å². The third-order valence-electron chi connectivity index (χ3n) is 9.94. The summed E-state index contributed by atoms with van der Waals surface area (Å²) in [5.74, 6) is -3.64. The van der Waals surface area contributed by atoms with Crippen molar-refractivity contribution in [2.75, 3.05) is 0 Å². The molecule has 0 bridgehead atoms. The summed E-state index contributed by atoms with van der Waals surface area (Å²) in [6.07, 6.45) is 44.7. The Morgan fingerprint density at radius 1 is 0.228 bits per heavy atom. The van der Waals surface area contributed by atoms with E-state index in [1.807, 2.05) is 0 Å². The van der Waals surface area contributed by atoms with Gasteiger partial charge in [0.2, 0.25) is 0 Å². The second-order valence-electron chi connectivity index (χ2n) is 15.8. The predicted molar refractivity (Wildman–Crippen MR) is 227 cm³/mol. The summed E-state index contributed by atoms with van der Waals surface area (Å²) in [5.41, 5.74) is 0. The van der Waals surface area contributed by atoms with Crippen molar-refractivity contribution in [1.82, 2.24) is 0 Å². The van der Waals surface area contributed by atoms with E-state index in [2.05, 4.69) is 27.7 Å². The first-order valence-corrected chi connectivity index (χ1v) is 23.9. The molecule has 0 fully saturated rings. The van der Waals surface area contributed by atoms with E-state index >= 15 is 0 Å². The van der Waals surface area contributed by atoms with Crippen LogP contribution in [0.5, 0.6) is 0 Å². The summed E-state index contributed by atoms with van der Waals surface area (Å²) in [4.78, 5) is 40.4. The number of hydrogen-bond donors (Lipinski definition) is 0. The molecule has 336 valence electrons. The molecule has 8 nitrogen and oxygen atoms in total. The van der Waals surface area contributed by atoms with Crippen LogP contribution in [0.25, 0.3) is 0 Å². The molecule has 0 aliphatic heterocycles. The van der Waals surface area contributed by atoms with Crippen LogP contribution in [-0.4, -0.2) is 23.9 Å². The van der Waals surface area contributed by atoms with Crippen molar-refractivity contribution in [3.63, 3.8) is 0 Å². The molecule has 9 heteroatoms. The van der Waals surface area contributed by atoms with Crippen LogP contribution in [0.3, 0.4) is 0 Å². The van der Waals surface area contributed by atoms with E-state index in [9.17, 15) is 39.6 Å². The largest absolute Gasteiger partial charge is 4.00 e. The summed E-state index contributed by atoms with van der Waals surface area (Å²) < 4.78 is 0. The molecule has 0 aromatic carbocycles. The summed E-state index contributed by atoms with van der Waals surface area (Å²) >= 11 is 0. The molecule has 57 heavy (non-hydrogen) atoms. The van der Waals surface area contributed by atoms with Crippen LogP contribution in [0.2, 0.25) is 0 Å². The minimum atomic E-state index is -0.909. The Morgan fingerprint density at radius 2 is 0.333 bits per heavy atom. The van der Waals surface area contributed by atoms with E-state index in [4.69, 9.17) is 0 Å². The van der Waals surface area contributed by atoms with E-state index in [0.717, 1.165) is 51.4 Å². The molecule has 0 saturated heterocycles.